The number of fused-ring (bicyclic) bond motifs is 8. The lowest BCUT2D eigenvalue weighted by Gasteiger charge is -2.05. The molecule has 214 valence electrons. The van der Waals surface area contributed by atoms with E-state index >= 15 is 0 Å². The molecule has 0 aliphatic heterocycles. The lowest BCUT2D eigenvalue weighted by atomic mass is 10.0. The van der Waals surface area contributed by atoms with Gasteiger partial charge in [-0.1, -0.05) is 64.7 Å². The normalized spacial score (nSPS) is 12.8. The molecular weight excluding hydrogens is 581 g/mol. The SMILES string of the molecule is CCCCCCCCCCCCc1cc2c(nc3c4ccc5c6c(sc(c(=O)n23)c46)c(=O)n2c3cc(C)sc3nc52)s1. The van der Waals surface area contributed by atoms with Gasteiger partial charge in [0, 0.05) is 31.3 Å². The van der Waals surface area contributed by atoms with Crippen molar-refractivity contribution in [1.82, 2.24) is 18.8 Å². The van der Waals surface area contributed by atoms with E-state index in [2.05, 4.69) is 25.1 Å². The molecule has 0 amide bonds. The number of hydrogen-bond donors (Lipinski definition) is 0. The number of pyridine rings is 2. The zero-order chi connectivity index (χ0) is 28.5. The van der Waals surface area contributed by atoms with Gasteiger partial charge in [0.2, 0.25) is 0 Å². The first kappa shape index (κ1) is 26.5. The van der Waals surface area contributed by atoms with Crippen molar-refractivity contribution in [3.63, 3.8) is 0 Å². The van der Waals surface area contributed by atoms with E-state index in [1.165, 1.54) is 80.4 Å². The van der Waals surface area contributed by atoms with Crippen molar-refractivity contribution in [1.29, 1.82) is 0 Å². The van der Waals surface area contributed by atoms with Gasteiger partial charge in [-0.3, -0.25) is 18.4 Å². The van der Waals surface area contributed by atoms with Crippen LogP contribution in [0.5, 0.6) is 0 Å². The molecule has 0 fully saturated rings. The summed E-state index contributed by atoms with van der Waals surface area (Å²) < 4.78 is 4.76. The van der Waals surface area contributed by atoms with Crippen molar-refractivity contribution in [2.45, 2.75) is 84.5 Å². The average Bonchev–Trinajstić information content (AvgIpc) is 3.77. The zero-order valence-corrected chi connectivity index (χ0v) is 26.4. The molecule has 7 heterocycles. The number of nitrogens with zero attached hydrogens (tertiary/aromatic N) is 4. The highest BCUT2D eigenvalue weighted by molar-refractivity contribution is 7.26. The molecule has 0 bridgehead atoms. The minimum absolute atomic E-state index is 0.0782. The number of imidazole rings is 2. The van der Waals surface area contributed by atoms with Gasteiger partial charge in [0.1, 0.15) is 30.4 Å². The largest absolute Gasteiger partial charge is 0.274 e. The predicted octanol–water partition coefficient (Wildman–Crippen LogP) is 9.30. The average molecular weight is 613 g/mol. The van der Waals surface area contributed by atoms with Gasteiger partial charge < -0.3 is 0 Å². The Balaban J connectivity index is 1.13. The van der Waals surface area contributed by atoms with Gasteiger partial charge >= 0.3 is 0 Å². The maximum absolute atomic E-state index is 14.0. The van der Waals surface area contributed by atoms with Crippen LogP contribution in [0.3, 0.4) is 0 Å². The number of benzene rings is 1. The van der Waals surface area contributed by atoms with Gasteiger partial charge in [-0.05, 0) is 44.0 Å². The van der Waals surface area contributed by atoms with E-state index in [1.54, 1.807) is 31.5 Å². The van der Waals surface area contributed by atoms with Gasteiger partial charge in [0.25, 0.3) is 11.1 Å². The van der Waals surface area contributed by atoms with Crippen LogP contribution in [-0.4, -0.2) is 18.8 Å². The van der Waals surface area contributed by atoms with E-state index in [-0.39, 0.29) is 11.1 Å². The zero-order valence-electron chi connectivity index (χ0n) is 23.9. The van der Waals surface area contributed by atoms with Gasteiger partial charge in [-0.25, -0.2) is 9.97 Å². The summed E-state index contributed by atoms with van der Waals surface area (Å²) in [4.78, 5) is 41.9. The van der Waals surface area contributed by atoms with Crippen LogP contribution in [0, 0.1) is 6.92 Å². The van der Waals surface area contributed by atoms with Gasteiger partial charge in [-0.2, -0.15) is 0 Å². The van der Waals surface area contributed by atoms with Crippen LogP contribution < -0.4 is 11.1 Å². The highest BCUT2D eigenvalue weighted by Gasteiger charge is 2.25. The van der Waals surface area contributed by atoms with Gasteiger partial charge in [0.15, 0.2) is 0 Å². The number of aromatic nitrogens is 4. The molecule has 0 atom stereocenters. The number of aryl methyl sites for hydroxylation is 2. The van der Waals surface area contributed by atoms with E-state index in [9.17, 15) is 9.59 Å². The second-order valence-electron chi connectivity index (χ2n) is 11.7. The molecule has 0 saturated heterocycles. The van der Waals surface area contributed by atoms with Crippen LogP contribution in [0.25, 0.3) is 62.9 Å². The van der Waals surface area contributed by atoms with Gasteiger partial charge in [0.05, 0.1) is 11.0 Å². The summed E-state index contributed by atoms with van der Waals surface area (Å²) in [5, 5.41) is 3.55. The van der Waals surface area contributed by atoms with E-state index in [0.29, 0.717) is 20.7 Å². The van der Waals surface area contributed by atoms with E-state index in [1.807, 2.05) is 13.0 Å². The minimum Gasteiger partial charge on any atom is -0.267 e. The molecule has 1 aromatic carbocycles. The summed E-state index contributed by atoms with van der Waals surface area (Å²) >= 11 is 4.64. The molecule has 0 N–H and O–H groups in total. The maximum atomic E-state index is 14.0. The summed E-state index contributed by atoms with van der Waals surface area (Å²) in [6, 6.07) is 8.31. The fourth-order valence-corrected chi connectivity index (χ4v) is 9.85. The molecule has 0 spiro atoms. The van der Waals surface area contributed by atoms with Crippen LogP contribution in [0.2, 0.25) is 0 Å². The van der Waals surface area contributed by atoms with E-state index < -0.39 is 0 Å². The molecule has 6 nitrogen and oxygen atoms in total. The quantitative estimate of drug-likeness (QED) is 0.108. The van der Waals surface area contributed by atoms with Crippen LogP contribution in [0.4, 0.5) is 0 Å². The van der Waals surface area contributed by atoms with Crippen molar-refractivity contribution < 1.29 is 0 Å². The second kappa shape index (κ2) is 10.2. The molecule has 7 aromatic heterocycles. The Labute approximate surface area is 253 Å². The number of hydrogen-bond acceptors (Lipinski definition) is 7. The Morgan fingerprint density at radius 1 is 0.667 bits per heavy atom. The third-order valence-corrected chi connectivity index (χ3v) is 12.0. The van der Waals surface area contributed by atoms with Crippen molar-refractivity contribution in [2.75, 3.05) is 0 Å². The maximum Gasteiger partial charge on any atom is 0.274 e. The molecule has 9 heteroatoms. The van der Waals surface area contributed by atoms with E-state index in [4.69, 9.17) is 9.97 Å². The molecule has 0 aliphatic rings. The molecule has 8 aromatic rings. The lowest BCUT2D eigenvalue weighted by molar-refractivity contribution is 0.557. The fourth-order valence-electron chi connectivity index (χ4n) is 6.75. The van der Waals surface area contributed by atoms with Crippen molar-refractivity contribution in [2.24, 2.45) is 0 Å². The van der Waals surface area contributed by atoms with Crippen LogP contribution in [-0.2, 0) is 6.42 Å². The standard InChI is InChI=1S/C33H32N4O2S3/c1-3-4-5-6-7-8-9-10-11-12-13-19-17-23-31(41-19)35-29-21-15-14-20-24-25(21)27(33(39)37(23)29)42-26(24)32(38)36-22-16-18(2)40-30(22)34-28(20)36/h14-17H,3-13H2,1-2H3. The summed E-state index contributed by atoms with van der Waals surface area (Å²) in [7, 11) is 0. The first-order chi connectivity index (χ1) is 20.5. The Morgan fingerprint density at radius 3 is 1.79 bits per heavy atom. The first-order valence-corrected chi connectivity index (χ1v) is 17.7. The van der Waals surface area contributed by atoms with E-state index in [0.717, 1.165) is 53.5 Å². The van der Waals surface area contributed by atoms with Gasteiger partial charge in [-0.15, -0.1) is 34.0 Å². The molecule has 42 heavy (non-hydrogen) atoms. The summed E-state index contributed by atoms with van der Waals surface area (Å²) in [6.45, 7) is 4.30. The molecule has 0 radical (unpaired) electrons. The lowest BCUT2D eigenvalue weighted by Crippen LogP contribution is -2.12. The summed E-state index contributed by atoms with van der Waals surface area (Å²) in [6.07, 6.45) is 14.3. The molecular formula is C33H32N4O2S3. The Morgan fingerprint density at radius 2 is 1.19 bits per heavy atom. The minimum atomic E-state index is -0.0944. The topological polar surface area (TPSA) is 68.7 Å². The number of rotatable bonds is 11. The monoisotopic (exact) mass is 612 g/mol. The Kier molecular flexibility index (Phi) is 6.46. The number of unbranched alkanes of at least 4 members (excludes halogenated alkanes) is 9. The fraction of sp³-hybridized carbons (Fsp3) is 0.394. The summed E-state index contributed by atoms with van der Waals surface area (Å²) in [5.74, 6) is 0. The Bertz CT molecular complexity index is 2370. The number of thiophene rings is 3. The second-order valence-corrected chi connectivity index (χ2v) is 15.1. The van der Waals surface area contributed by atoms with Crippen molar-refractivity contribution >= 4 is 96.9 Å². The Hall–Kier alpha value is -3.14. The third-order valence-electron chi connectivity index (χ3n) is 8.80. The highest BCUT2D eigenvalue weighted by Crippen LogP contribution is 2.42. The summed E-state index contributed by atoms with van der Waals surface area (Å²) in [5.41, 5.74) is 2.93. The predicted molar refractivity (Wildman–Crippen MR) is 180 cm³/mol. The third kappa shape index (κ3) is 3.93. The molecule has 8 rings (SSSR count). The van der Waals surface area contributed by atoms with Crippen LogP contribution in [0.1, 0.15) is 80.9 Å². The smallest absolute Gasteiger partial charge is 0.267 e. The van der Waals surface area contributed by atoms with Crippen molar-refractivity contribution in [3.8, 4) is 0 Å². The van der Waals surface area contributed by atoms with Crippen LogP contribution >= 0.6 is 34.0 Å². The molecule has 0 saturated carbocycles. The highest BCUT2D eigenvalue weighted by atomic mass is 32.1. The van der Waals surface area contributed by atoms with Crippen molar-refractivity contribution in [3.05, 3.63) is 54.7 Å². The molecule has 0 unspecified atom stereocenters. The van der Waals surface area contributed by atoms with Crippen LogP contribution in [0.15, 0.2) is 33.9 Å². The molecule has 0 aliphatic carbocycles. The first-order valence-electron chi connectivity index (χ1n) is 15.2.